The lowest BCUT2D eigenvalue weighted by atomic mass is 10.1. The third-order valence-corrected chi connectivity index (χ3v) is 6.32. The number of para-hydroxylation sites is 1. The Morgan fingerprint density at radius 1 is 1.23 bits per heavy atom. The molecule has 3 aromatic rings. The van der Waals surface area contributed by atoms with E-state index >= 15 is 0 Å². The van der Waals surface area contributed by atoms with Crippen LogP contribution in [0.4, 0.5) is 5.69 Å². The minimum atomic E-state index is -0.253. The van der Waals surface area contributed by atoms with Gasteiger partial charge in [0.25, 0.3) is 5.56 Å². The number of carbonyl (C=O) groups excluding carboxylic acids is 2. The third-order valence-electron chi connectivity index (χ3n) is 5.20. The Morgan fingerprint density at radius 2 is 1.97 bits per heavy atom. The van der Waals surface area contributed by atoms with Crippen LogP contribution >= 0.6 is 11.3 Å². The van der Waals surface area contributed by atoms with Gasteiger partial charge in [0.15, 0.2) is 0 Å². The molecule has 7 nitrogen and oxygen atoms in total. The highest BCUT2D eigenvalue weighted by Gasteiger charge is 2.16. The van der Waals surface area contributed by atoms with Gasteiger partial charge in [-0.2, -0.15) is 0 Å². The van der Waals surface area contributed by atoms with E-state index in [4.69, 9.17) is 0 Å². The second-order valence-corrected chi connectivity index (χ2v) is 8.47. The molecule has 1 aromatic carbocycles. The van der Waals surface area contributed by atoms with Gasteiger partial charge in [-0.25, -0.2) is 4.98 Å². The summed E-state index contributed by atoms with van der Waals surface area (Å²) in [5.41, 5.74) is 2.61. The Hall–Kier alpha value is -3.00. The first kappa shape index (κ1) is 21.7. The van der Waals surface area contributed by atoms with Crippen LogP contribution in [0.15, 0.2) is 35.4 Å². The van der Waals surface area contributed by atoms with Crippen molar-refractivity contribution in [3.8, 4) is 0 Å². The van der Waals surface area contributed by atoms with E-state index in [0.29, 0.717) is 5.39 Å². The lowest BCUT2D eigenvalue weighted by Gasteiger charge is -2.18. The molecule has 2 aromatic heterocycles. The molecule has 2 amide bonds. The number of aryl methyl sites for hydroxylation is 4. The van der Waals surface area contributed by atoms with Gasteiger partial charge < -0.3 is 10.2 Å². The van der Waals surface area contributed by atoms with Crippen LogP contribution in [0.5, 0.6) is 0 Å². The first-order chi connectivity index (χ1) is 14.3. The molecule has 0 bridgehead atoms. The summed E-state index contributed by atoms with van der Waals surface area (Å²) in [7, 11) is 1.59. The molecule has 0 spiro atoms. The van der Waals surface area contributed by atoms with E-state index < -0.39 is 0 Å². The Bertz CT molecular complexity index is 1150. The topological polar surface area (TPSA) is 84.3 Å². The van der Waals surface area contributed by atoms with Crippen molar-refractivity contribution in [3.63, 3.8) is 0 Å². The molecule has 0 saturated carbocycles. The number of hydrogen-bond donors (Lipinski definition) is 1. The number of amides is 2. The zero-order valence-electron chi connectivity index (χ0n) is 17.7. The Kier molecular flexibility index (Phi) is 6.66. The predicted octanol–water partition coefficient (Wildman–Crippen LogP) is 3.12. The zero-order valence-corrected chi connectivity index (χ0v) is 18.5. The van der Waals surface area contributed by atoms with E-state index in [9.17, 15) is 14.4 Å². The summed E-state index contributed by atoms with van der Waals surface area (Å²) in [6.07, 6.45) is 2.41. The summed E-state index contributed by atoms with van der Waals surface area (Å²) in [5.74, 6) is -0.462. The number of fused-ring (bicyclic) bond motifs is 1. The maximum absolute atomic E-state index is 12.7. The van der Waals surface area contributed by atoms with Crippen LogP contribution in [0.1, 0.15) is 29.3 Å². The van der Waals surface area contributed by atoms with Gasteiger partial charge in [-0.3, -0.25) is 19.0 Å². The Balaban J connectivity index is 1.60. The molecule has 0 radical (unpaired) electrons. The molecule has 30 heavy (non-hydrogen) atoms. The van der Waals surface area contributed by atoms with Gasteiger partial charge >= 0.3 is 0 Å². The SMILES string of the molecule is CCc1ccccc1NC(=O)CN(C)C(=O)CCn1cnc2sc(C)c(C)c2c1=O. The summed E-state index contributed by atoms with van der Waals surface area (Å²) in [4.78, 5) is 45.1. The standard InChI is InChI=1S/C22H26N4O3S/c1-5-16-8-6-7-9-17(16)24-18(27)12-25(4)19(28)10-11-26-13-23-21-20(22(26)29)14(2)15(3)30-21/h6-9,13H,5,10-12H2,1-4H3,(H,24,27). The smallest absolute Gasteiger partial charge is 0.262 e. The van der Waals surface area contributed by atoms with Crippen LogP contribution in [-0.4, -0.2) is 39.9 Å². The molecule has 0 unspecified atom stereocenters. The number of anilines is 1. The number of carbonyl (C=O) groups is 2. The highest BCUT2D eigenvalue weighted by Crippen LogP contribution is 2.25. The average Bonchev–Trinajstić information content (AvgIpc) is 3.02. The molecule has 0 saturated heterocycles. The quantitative estimate of drug-likeness (QED) is 0.629. The van der Waals surface area contributed by atoms with Gasteiger partial charge in [-0.05, 0) is 37.5 Å². The molecule has 3 rings (SSSR count). The number of nitrogens with one attached hydrogen (secondary N) is 1. The summed E-state index contributed by atoms with van der Waals surface area (Å²) in [5, 5.41) is 3.48. The van der Waals surface area contributed by atoms with Gasteiger partial charge in [0.05, 0.1) is 18.3 Å². The van der Waals surface area contributed by atoms with E-state index in [1.165, 1.54) is 27.1 Å². The van der Waals surface area contributed by atoms with Crippen molar-refractivity contribution in [2.24, 2.45) is 0 Å². The summed E-state index contributed by atoms with van der Waals surface area (Å²) in [6, 6.07) is 7.60. The van der Waals surface area contributed by atoms with Crippen molar-refractivity contribution >= 4 is 39.1 Å². The Labute approximate surface area is 179 Å². The average molecular weight is 427 g/mol. The van der Waals surface area contributed by atoms with E-state index in [1.807, 2.05) is 45.0 Å². The number of thiophene rings is 1. The molecular weight excluding hydrogens is 400 g/mol. The van der Waals surface area contributed by atoms with E-state index in [0.717, 1.165) is 32.9 Å². The van der Waals surface area contributed by atoms with E-state index in [2.05, 4.69) is 10.3 Å². The molecule has 0 atom stereocenters. The van der Waals surface area contributed by atoms with Crippen molar-refractivity contribution in [3.05, 3.63) is 57.0 Å². The minimum Gasteiger partial charge on any atom is -0.336 e. The molecule has 0 fully saturated rings. The van der Waals surface area contributed by atoms with Crippen LogP contribution in [0, 0.1) is 13.8 Å². The van der Waals surface area contributed by atoms with Crippen LogP contribution in [0.3, 0.4) is 0 Å². The molecule has 8 heteroatoms. The first-order valence-corrected chi connectivity index (χ1v) is 10.7. The fourth-order valence-corrected chi connectivity index (χ4v) is 4.27. The van der Waals surface area contributed by atoms with Crippen LogP contribution in [0.2, 0.25) is 0 Å². The lowest BCUT2D eigenvalue weighted by Crippen LogP contribution is -2.36. The normalized spacial score (nSPS) is 10.9. The number of hydrogen-bond acceptors (Lipinski definition) is 5. The second-order valence-electron chi connectivity index (χ2n) is 7.27. The number of likely N-dealkylation sites (N-methyl/N-ethyl adjacent to an activating group) is 1. The Morgan fingerprint density at radius 3 is 2.70 bits per heavy atom. The third kappa shape index (κ3) is 4.59. The van der Waals surface area contributed by atoms with Gasteiger partial charge in [-0.15, -0.1) is 11.3 Å². The van der Waals surface area contributed by atoms with Crippen molar-refractivity contribution in [2.75, 3.05) is 18.9 Å². The fourth-order valence-electron chi connectivity index (χ4n) is 3.28. The maximum Gasteiger partial charge on any atom is 0.262 e. The van der Waals surface area contributed by atoms with E-state index in [1.54, 1.807) is 7.05 Å². The van der Waals surface area contributed by atoms with Crippen molar-refractivity contribution < 1.29 is 9.59 Å². The largest absolute Gasteiger partial charge is 0.336 e. The number of aromatic nitrogens is 2. The molecule has 0 aliphatic heterocycles. The van der Waals surface area contributed by atoms with Gasteiger partial charge in [0.1, 0.15) is 4.83 Å². The van der Waals surface area contributed by atoms with Gasteiger partial charge in [-0.1, -0.05) is 25.1 Å². The lowest BCUT2D eigenvalue weighted by molar-refractivity contribution is -0.133. The van der Waals surface area contributed by atoms with Gasteiger partial charge in [0, 0.05) is 30.6 Å². The molecule has 2 heterocycles. The predicted molar refractivity (Wildman–Crippen MR) is 120 cm³/mol. The number of rotatable bonds is 7. The zero-order chi connectivity index (χ0) is 21.8. The van der Waals surface area contributed by atoms with Crippen molar-refractivity contribution in [2.45, 2.75) is 40.2 Å². The molecule has 1 N–H and O–H groups in total. The van der Waals surface area contributed by atoms with Crippen LogP contribution < -0.4 is 10.9 Å². The highest BCUT2D eigenvalue weighted by molar-refractivity contribution is 7.18. The molecular formula is C22H26N4O3S. The molecule has 158 valence electrons. The molecule has 0 aliphatic carbocycles. The van der Waals surface area contributed by atoms with Crippen molar-refractivity contribution in [1.29, 1.82) is 0 Å². The van der Waals surface area contributed by atoms with Crippen LogP contribution in [0.25, 0.3) is 10.2 Å². The first-order valence-electron chi connectivity index (χ1n) is 9.88. The second kappa shape index (κ2) is 9.21. The van der Waals surface area contributed by atoms with E-state index in [-0.39, 0.29) is 36.9 Å². The summed E-state index contributed by atoms with van der Waals surface area (Å²) in [6.45, 7) is 6.07. The van der Waals surface area contributed by atoms with Gasteiger partial charge in [0.2, 0.25) is 11.8 Å². The summed E-state index contributed by atoms with van der Waals surface area (Å²) >= 11 is 1.50. The monoisotopic (exact) mass is 426 g/mol. The van der Waals surface area contributed by atoms with Crippen molar-refractivity contribution in [1.82, 2.24) is 14.5 Å². The number of nitrogens with zero attached hydrogens (tertiary/aromatic N) is 3. The summed E-state index contributed by atoms with van der Waals surface area (Å²) < 4.78 is 1.46. The fraction of sp³-hybridized carbons (Fsp3) is 0.364. The maximum atomic E-state index is 12.7. The number of benzene rings is 1. The van der Waals surface area contributed by atoms with Crippen LogP contribution in [-0.2, 0) is 22.6 Å². The molecule has 0 aliphatic rings. The highest BCUT2D eigenvalue weighted by atomic mass is 32.1. The minimum absolute atomic E-state index is 0.0497.